The molecule has 0 aromatic carbocycles. The number of rotatable bonds is 9. The van der Waals surface area contributed by atoms with Crippen molar-refractivity contribution in [1.82, 2.24) is 25.9 Å². The number of carbonyl (C=O) groups is 1. The number of carbonyl (C=O) groups excluding carboxylic acids is 1. The maximum Gasteiger partial charge on any atom is 0.226 e. The van der Waals surface area contributed by atoms with E-state index in [4.69, 9.17) is 5.11 Å². The van der Waals surface area contributed by atoms with Crippen LogP contribution < -0.4 is 16.0 Å². The maximum absolute atomic E-state index is 12.4. The summed E-state index contributed by atoms with van der Waals surface area (Å²) in [6.45, 7) is 3.45. The predicted octanol–water partition coefficient (Wildman–Crippen LogP) is 1.81. The normalized spacial score (nSPS) is 19.2. The molecule has 2 aromatic rings. The molecule has 1 fully saturated rings. The molecule has 2 aromatic heterocycles. The Hall–Kier alpha value is -1.87. The van der Waals surface area contributed by atoms with Gasteiger partial charge in [-0.25, -0.2) is 0 Å². The minimum atomic E-state index is -0.193. The Morgan fingerprint density at radius 3 is 2.83 bits per heavy atom. The molecule has 4 N–H and O–H groups in total. The lowest BCUT2D eigenvalue weighted by Gasteiger charge is -2.31. The molecule has 2 atom stereocenters. The smallest absolute Gasteiger partial charge is 0.226 e. The van der Waals surface area contributed by atoms with E-state index in [-0.39, 0.29) is 24.7 Å². The fraction of sp³-hybridized carbons (Fsp3) is 0.476. The summed E-state index contributed by atoms with van der Waals surface area (Å²) in [5, 5.41) is 18.7. The van der Waals surface area contributed by atoms with Crippen LogP contribution in [0.25, 0.3) is 0 Å². The molecule has 1 saturated heterocycles. The molecule has 3 rings (SSSR count). The third kappa shape index (κ3) is 6.57. The number of halogens is 1. The first-order chi connectivity index (χ1) is 14.0. The number of nitrogens with one attached hydrogen (secondary N) is 3. The zero-order valence-electron chi connectivity index (χ0n) is 16.6. The van der Waals surface area contributed by atoms with Gasteiger partial charge >= 0.3 is 0 Å². The van der Waals surface area contributed by atoms with Crippen molar-refractivity contribution in [3.05, 3.63) is 57.6 Å². The SMILES string of the molecule is Cc1cc(Br)cnc1CCCCNC1NCC(Cc2ccc(CO)nc2)C(=O)N1. The minimum absolute atomic E-state index is 0.0437. The van der Waals surface area contributed by atoms with Crippen molar-refractivity contribution in [3.8, 4) is 0 Å². The Bertz CT molecular complexity index is 815. The van der Waals surface area contributed by atoms with Crippen LogP contribution in [0, 0.1) is 12.8 Å². The molecule has 1 aliphatic rings. The predicted molar refractivity (Wildman–Crippen MR) is 115 cm³/mol. The summed E-state index contributed by atoms with van der Waals surface area (Å²) in [6.07, 6.45) is 7.02. The molecule has 1 amide bonds. The standard InChI is InChI=1S/C21H28BrN5O2/c1-14-8-17(22)12-25-19(14)4-2-3-7-23-21-26-11-16(20(29)27-21)9-15-5-6-18(13-28)24-10-15/h5-6,8,10,12,16,21,23,26,28H,2-4,7,9,11,13H2,1H3,(H,27,29). The van der Waals surface area contributed by atoms with E-state index in [9.17, 15) is 4.79 Å². The number of unbranched alkanes of at least 4 members (excludes halogenated alkanes) is 1. The van der Waals surface area contributed by atoms with Crippen LogP contribution in [0.5, 0.6) is 0 Å². The highest BCUT2D eigenvalue weighted by atomic mass is 79.9. The van der Waals surface area contributed by atoms with Crippen LogP contribution >= 0.6 is 15.9 Å². The molecule has 0 saturated carbocycles. The van der Waals surface area contributed by atoms with E-state index >= 15 is 0 Å². The summed E-state index contributed by atoms with van der Waals surface area (Å²) >= 11 is 3.44. The largest absolute Gasteiger partial charge is 0.390 e. The first-order valence-electron chi connectivity index (χ1n) is 9.98. The van der Waals surface area contributed by atoms with E-state index in [0.717, 1.165) is 41.5 Å². The van der Waals surface area contributed by atoms with Gasteiger partial charge in [0.05, 0.1) is 18.2 Å². The quantitative estimate of drug-likeness (QED) is 0.425. The zero-order chi connectivity index (χ0) is 20.6. The Labute approximate surface area is 179 Å². The Kier molecular flexibility index (Phi) is 8.11. The van der Waals surface area contributed by atoms with Gasteiger partial charge in [-0.1, -0.05) is 6.07 Å². The highest BCUT2D eigenvalue weighted by Gasteiger charge is 2.27. The number of pyridine rings is 2. The molecular weight excluding hydrogens is 434 g/mol. The Morgan fingerprint density at radius 1 is 1.28 bits per heavy atom. The van der Waals surface area contributed by atoms with Gasteiger partial charge < -0.3 is 10.4 Å². The lowest BCUT2D eigenvalue weighted by molar-refractivity contribution is -0.128. The number of aliphatic hydroxyl groups is 1. The van der Waals surface area contributed by atoms with Crippen LogP contribution in [0.4, 0.5) is 0 Å². The third-order valence-electron chi connectivity index (χ3n) is 5.10. The number of nitrogens with zero attached hydrogens (tertiary/aromatic N) is 2. The number of hydrogen-bond donors (Lipinski definition) is 4. The van der Waals surface area contributed by atoms with Gasteiger partial charge in [0.2, 0.25) is 5.91 Å². The molecule has 0 bridgehead atoms. The molecule has 0 radical (unpaired) electrons. The lowest BCUT2D eigenvalue weighted by Crippen LogP contribution is -2.62. The topological polar surface area (TPSA) is 99.2 Å². The van der Waals surface area contributed by atoms with E-state index in [0.29, 0.717) is 18.7 Å². The van der Waals surface area contributed by atoms with Crippen LogP contribution in [-0.2, 0) is 24.2 Å². The monoisotopic (exact) mass is 461 g/mol. The molecule has 3 heterocycles. The highest BCUT2D eigenvalue weighted by Crippen LogP contribution is 2.15. The van der Waals surface area contributed by atoms with Crippen LogP contribution in [0.3, 0.4) is 0 Å². The van der Waals surface area contributed by atoms with Crippen LogP contribution in [-0.4, -0.2) is 40.4 Å². The van der Waals surface area contributed by atoms with E-state index in [1.165, 1.54) is 5.56 Å². The fourth-order valence-electron chi connectivity index (χ4n) is 3.40. The number of aryl methyl sites for hydroxylation is 2. The fourth-order valence-corrected chi connectivity index (χ4v) is 3.85. The Morgan fingerprint density at radius 2 is 2.14 bits per heavy atom. The number of hydrogen-bond acceptors (Lipinski definition) is 6. The van der Waals surface area contributed by atoms with Gasteiger partial charge in [-0.05, 0) is 78.3 Å². The van der Waals surface area contributed by atoms with Crippen LogP contribution in [0.15, 0.2) is 35.1 Å². The Balaban J connectivity index is 1.34. The van der Waals surface area contributed by atoms with Gasteiger partial charge in [-0.3, -0.25) is 25.4 Å². The molecular formula is C21H28BrN5O2. The van der Waals surface area contributed by atoms with Crippen LogP contribution in [0.2, 0.25) is 0 Å². The van der Waals surface area contributed by atoms with Gasteiger partial charge in [-0.15, -0.1) is 0 Å². The molecule has 29 heavy (non-hydrogen) atoms. The maximum atomic E-state index is 12.4. The highest BCUT2D eigenvalue weighted by molar-refractivity contribution is 9.10. The summed E-state index contributed by atoms with van der Waals surface area (Å²) in [5.41, 5.74) is 3.98. The average molecular weight is 462 g/mol. The van der Waals surface area contributed by atoms with Crippen molar-refractivity contribution in [3.63, 3.8) is 0 Å². The second-order valence-corrected chi connectivity index (χ2v) is 8.31. The average Bonchev–Trinajstić information content (AvgIpc) is 2.71. The molecule has 0 spiro atoms. The third-order valence-corrected chi connectivity index (χ3v) is 5.53. The lowest BCUT2D eigenvalue weighted by atomic mass is 9.98. The van der Waals surface area contributed by atoms with E-state index in [1.54, 1.807) is 12.3 Å². The number of aliphatic hydroxyl groups excluding tert-OH is 1. The zero-order valence-corrected chi connectivity index (χ0v) is 18.2. The summed E-state index contributed by atoms with van der Waals surface area (Å²) < 4.78 is 1.01. The molecule has 8 heteroatoms. The van der Waals surface area contributed by atoms with E-state index in [2.05, 4.69) is 54.8 Å². The van der Waals surface area contributed by atoms with Crippen molar-refractivity contribution < 1.29 is 9.90 Å². The second-order valence-electron chi connectivity index (χ2n) is 7.40. The van der Waals surface area contributed by atoms with E-state index < -0.39 is 0 Å². The van der Waals surface area contributed by atoms with Crippen molar-refractivity contribution in [2.45, 2.75) is 45.5 Å². The van der Waals surface area contributed by atoms with Crippen LogP contribution in [0.1, 0.15) is 35.4 Å². The van der Waals surface area contributed by atoms with Gasteiger partial charge in [0.1, 0.15) is 6.29 Å². The summed E-state index contributed by atoms with van der Waals surface area (Å²) in [4.78, 5) is 21.1. The van der Waals surface area contributed by atoms with Gasteiger partial charge in [0.15, 0.2) is 0 Å². The summed E-state index contributed by atoms with van der Waals surface area (Å²) in [5.74, 6) is -0.0801. The summed E-state index contributed by atoms with van der Waals surface area (Å²) in [7, 11) is 0. The van der Waals surface area contributed by atoms with Crippen molar-refractivity contribution in [1.29, 1.82) is 0 Å². The first kappa shape index (κ1) is 21.8. The summed E-state index contributed by atoms with van der Waals surface area (Å²) in [6, 6.07) is 5.80. The van der Waals surface area contributed by atoms with Gasteiger partial charge in [-0.2, -0.15) is 0 Å². The molecule has 7 nitrogen and oxygen atoms in total. The van der Waals surface area contributed by atoms with E-state index in [1.807, 2.05) is 12.3 Å². The number of aromatic nitrogens is 2. The molecule has 156 valence electrons. The van der Waals surface area contributed by atoms with Crippen molar-refractivity contribution in [2.24, 2.45) is 5.92 Å². The molecule has 2 unspecified atom stereocenters. The number of amides is 1. The van der Waals surface area contributed by atoms with Gasteiger partial charge in [0.25, 0.3) is 0 Å². The minimum Gasteiger partial charge on any atom is -0.390 e. The molecule has 1 aliphatic heterocycles. The first-order valence-corrected chi connectivity index (χ1v) is 10.8. The van der Waals surface area contributed by atoms with Crippen molar-refractivity contribution >= 4 is 21.8 Å². The van der Waals surface area contributed by atoms with Crippen molar-refractivity contribution in [2.75, 3.05) is 13.1 Å². The molecule has 0 aliphatic carbocycles. The van der Waals surface area contributed by atoms with Gasteiger partial charge in [0, 0.05) is 29.1 Å². The second kappa shape index (κ2) is 10.8.